The van der Waals surface area contributed by atoms with Crippen LogP contribution in [0.1, 0.15) is 18.2 Å². The van der Waals surface area contributed by atoms with Gasteiger partial charge in [0.1, 0.15) is 5.01 Å². The second-order valence-corrected chi connectivity index (χ2v) is 9.00. The Morgan fingerprint density at radius 2 is 1.72 bits per heavy atom. The second kappa shape index (κ2) is 10.3. The quantitative estimate of drug-likeness (QED) is 0.369. The number of rotatable bonds is 8. The van der Waals surface area contributed by atoms with E-state index in [2.05, 4.69) is 10.3 Å². The summed E-state index contributed by atoms with van der Waals surface area (Å²) in [5, 5.41) is 7.79. The number of carbonyl (C=O) groups excluding carboxylic acids is 2. The third-order valence-corrected chi connectivity index (χ3v) is 6.83. The van der Waals surface area contributed by atoms with Gasteiger partial charge in [0, 0.05) is 23.3 Å². The molecule has 2 amide bonds. The first-order valence-electron chi connectivity index (χ1n) is 10.3. The third kappa shape index (κ3) is 5.49. The molecule has 1 N–H and O–H groups in total. The fourth-order valence-electron chi connectivity index (χ4n) is 3.36. The van der Waals surface area contributed by atoms with Crippen LogP contribution in [0.5, 0.6) is 0 Å². The Hall–Kier alpha value is -3.29. The van der Waals surface area contributed by atoms with E-state index in [0.29, 0.717) is 18.7 Å². The fraction of sp³-hybridized carbons (Fsp3) is 0.160. The maximum atomic E-state index is 12.7. The molecule has 0 bridgehead atoms. The number of hydrogen-bond acceptors (Lipinski definition) is 5. The zero-order valence-electron chi connectivity index (χ0n) is 17.7. The van der Waals surface area contributed by atoms with Crippen molar-refractivity contribution in [3.63, 3.8) is 0 Å². The summed E-state index contributed by atoms with van der Waals surface area (Å²) in [6, 6.07) is 21.1. The number of carbonyl (C=O) groups is 2. The zero-order valence-corrected chi connectivity index (χ0v) is 19.3. The number of nitrogens with zero attached hydrogens (tertiary/aromatic N) is 2. The van der Waals surface area contributed by atoms with E-state index in [1.165, 1.54) is 0 Å². The van der Waals surface area contributed by atoms with Gasteiger partial charge in [0.05, 0.1) is 23.4 Å². The first-order chi connectivity index (χ1) is 15.6. The predicted molar refractivity (Wildman–Crippen MR) is 132 cm³/mol. The van der Waals surface area contributed by atoms with E-state index in [1.807, 2.05) is 84.4 Å². The second-order valence-electron chi connectivity index (χ2n) is 7.19. The van der Waals surface area contributed by atoms with Gasteiger partial charge in [-0.1, -0.05) is 36.4 Å². The van der Waals surface area contributed by atoms with E-state index in [4.69, 9.17) is 0 Å². The molecule has 2 aromatic heterocycles. The van der Waals surface area contributed by atoms with Gasteiger partial charge >= 0.3 is 0 Å². The predicted octanol–water partition coefficient (Wildman–Crippen LogP) is 5.65. The van der Waals surface area contributed by atoms with Gasteiger partial charge in [-0.2, -0.15) is 0 Å². The molecule has 0 saturated carbocycles. The summed E-state index contributed by atoms with van der Waals surface area (Å²) in [6.07, 6.45) is 0.534. The Morgan fingerprint density at radius 1 is 0.938 bits per heavy atom. The van der Waals surface area contributed by atoms with Crippen LogP contribution in [-0.2, 0) is 22.4 Å². The summed E-state index contributed by atoms with van der Waals surface area (Å²) in [6.45, 7) is 2.58. The van der Waals surface area contributed by atoms with E-state index >= 15 is 0 Å². The van der Waals surface area contributed by atoms with Gasteiger partial charge in [-0.15, -0.1) is 22.7 Å². The highest BCUT2D eigenvalue weighted by atomic mass is 32.1. The van der Waals surface area contributed by atoms with Gasteiger partial charge in [-0.25, -0.2) is 4.98 Å². The molecule has 32 heavy (non-hydrogen) atoms. The lowest BCUT2D eigenvalue weighted by atomic mass is 10.1. The molecule has 0 radical (unpaired) electrons. The smallest absolute Gasteiger partial charge is 0.231 e. The van der Waals surface area contributed by atoms with Crippen LogP contribution in [0, 0.1) is 0 Å². The van der Waals surface area contributed by atoms with E-state index in [1.54, 1.807) is 27.6 Å². The molecular formula is C25H23N3O2S2. The molecule has 0 atom stereocenters. The van der Waals surface area contributed by atoms with Gasteiger partial charge in [-0.05, 0) is 48.2 Å². The number of nitrogens with one attached hydrogen (secondary N) is 1. The molecule has 162 valence electrons. The van der Waals surface area contributed by atoms with Gasteiger partial charge < -0.3 is 10.2 Å². The van der Waals surface area contributed by atoms with Crippen LogP contribution in [0.4, 0.5) is 11.4 Å². The molecular weight excluding hydrogens is 438 g/mol. The minimum absolute atomic E-state index is 0.0422. The number of amides is 2. The maximum absolute atomic E-state index is 12.7. The van der Waals surface area contributed by atoms with Crippen molar-refractivity contribution in [1.29, 1.82) is 0 Å². The molecule has 0 saturated heterocycles. The Kier molecular flexibility index (Phi) is 7.09. The molecule has 0 aliphatic rings. The van der Waals surface area contributed by atoms with Crippen molar-refractivity contribution in [2.24, 2.45) is 0 Å². The lowest BCUT2D eigenvalue weighted by molar-refractivity contribution is -0.118. The molecule has 0 spiro atoms. The van der Waals surface area contributed by atoms with E-state index < -0.39 is 0 Å². The van der Waals surface area contributed by atoms with Gasteiger partial charge in [0.15, 0.2) is 0 Å². The summed E-state index contributed by atoms with van der Waals surface area (Å²) in [7, 11) is 0. The van der Waals surface area contributed by atoms with E-state index in [-0.39, 0.29) is 18.2 Å². The summed E-state index contributed by atoms with van der Waals surface area (Å²) in [4.78, 5) is 32.6. The number of anilines is 2. The summed E-state index contributed by atoms with van der Waals surface area (Å²) in [5.41, 5.74) is 3.27. The van der Waals surface area contributed by atoms with E-state index in [0.717, 1.165) is 26.8 Å². The summed E-state index contributed by atoms with van der Waals surface area (Å²) >= 11 is 3.19. The van der Waals surface area contributed by atoms with Crippen molar-refractivity contribution in [3.8, 4) is 9.88 Å². The van der Waals surface area contributed by atoms with Crippen LogP contribution in [0.3, 0.4) is 0 Å². The lowest BCUT2D eigenvalue weighted by Gasteiger charge is -2.21. The first-order valence-corrected chi connectivity index (χ1v) is 12.1. The topological polar surface area (TPSA) is 62.3 Å². The highest BCUT2D eigenvalue weighted by Crippen LogP contribution is 2.28. The van der Waals surface area contributed by atoms with Gasteiger partial charge in [-0.3, -0.25) is 9.59 Å². The van der Waals surface area contributed by atoms with Crippen LogP contribution < -0.4 is 10.2 Å². The normalized spacial score (nSPS) is 10.7. The van der Waals surface area contributed by atoms with Gasteiger partial charge in [0.2, 0.25) is 11.8 Å². The van der Waals surface area contributed by atoms with Gasteiger partial charge in [0.25, 0.3) is 0 Å². The molecule has 0 aliphatic heterocycles. The number of likely N-dealkylation sites (N-methyl/N-ethyl adjacent to an activating group) is 1. The molecule has 4 aromatic rings. The molecule has 0 unspecified atom stereocenters. The first kappa shape index (κ1) is 21.9. The minimum Gasteiger partial charge on any atom is -0.326 e. The number of thiazole rings is 1. The maximum Gasteiger partial charge on any atom is 0.231 e. The minimum atomic E-state index is -0.113. The largest absolute Gasteiger partial charge is 0.326 e. The van der Waals surface area contributed by atoms with Crippen LogP contribution >= 0.6 is 22.7 Å². The Balaban J connectivity index is 1.32. The molecule has 4 rings (SSSR count). The lowest BCUT2D eigenvalue weighted by Crippen LogP contribution is -2.31. The van der Waals surface area contributed by atoms with Crippen LogP contribution in [0.2, 0.25) is 0 Å². The average Bonchev–Trinajstić information content (AvgIpc) is 3.48. The van der Waals surface area contributed by atoms with Crippen molar-refractivity contribution in [2.45, 2.75) is 19.8 Å². The Labute approximate surface area is 195 Å². The molecule has 5 nitrogen and oxygen atoms in total. The molecule has 2 heterocycles. The average molecular weight is 462 g/mol. The molecule has 2 aromatic carbocycles. The van der Waals surface area contributed by atoms with Crippen molar-refractivity contribution in [2.75, 3.05) is 16.8 Å². The van der Waals surface area contributed by atoms with Crippen LogP contribution in [-0.4, -0.2) is 23.3 Å². The van der Waals surface area contributed by atoms with Crippen LogP contribution in [0.15, 0.2) is 77.5 Å². The number of aromatic nitrogens is 1. The van der Waals surface area contributed by atoms with E-state index in [9.17, 15) is 9.59 Å². The standard InChI is InChI=1S/C25H23N3O2S2/c1-2-28(21-7-4-3-5-8-21)24(30)15-18-10-12-19(13-11-18)26-23(29)16-20-17-32-25(27-20)22-9-6-14-31-22/h3-14,17H,2,15-16H2,1H3,(H,26,29). The van der Waals surface area contributed by atoms with Crippen molar-refractivity contribution in [3.05, 3.63) is 88.7 Å². The Bertz CT molecular complexity index is 1170. The zero-order chi connectivity index (χ0) is 22.3. The van der Waals surface area contributed by atoms with Crippen LogP contribution in [0.25, 0.3) is 9.88 Å². The monoisotopic (exact) mass is 461 g/mol. The summed E-state index contributed by atoms with van der Waals surface area (Å²) < 4.78 is 0. The van der Waals surface area contributed by atoms with Crippen molar-refractivity contribution < 1.29 is 9.59 Å². The molecule has 0 aliphatic carbocycles. The number of hydrogen-bond donors (Lipinski definition) is 1. The highest BCUT2D eigenvalue weighted by molar-refractivity contribution is 7.20. The highest BCUT2D eigenvalue weighted by Gasteiger charge is 2.14. The number of thiophene rings is 1. The SMILES string of the molecule is CCN(C(=O)Cc1ccc(NC(=O)Cc2csc(-c3cccs3)n2)cc1)c1ccccc1. The third-order valence-electron chi connectivity index (χ3n) is 4.90. The summed E-state index contributed by atoms with van der Waals surface area (Å²) in [5.74, 6) is -0.0707. The molecule has 0 fully saturated rings. The van der Waals surface area contributed by atoms with Crippen molar-refractivity contribution in [1.82, 2.24) is 4.98 Å². The fourth-order valence-corrected chi connectivity index (χ4v) is 4.99. The Morgan fingerprint density at radius 3 is 2.41 bits per heavy atom. The number of benzene rings is 2. The van der Waals surface area contributed by atoms with Crippen molar-refractivity contribution >= 4 is 45.9 Å². The molecule has 7 heteroatoms. The number of para-hydroxylation sites is 1.